The number of H-pyrrole nitrogens is 3. The van der Waals surface area contributed by atoms with Crippen molar-refractivity contribution in [3.63, 3.8) is 0 Å². The summed E-state index contributed by atoms with van der Waals surface area (Å²) >= 11 is 1.52. The number of nitrogens with one attached hydrogen (secondary N) is 3. The molecular weight excluding hydrogens is 406 g/mol. The number of fused-ring (bicyclic) bond motifs is 2. The molecule has 0 saturated carbocycles. The third kappa shape index (κ3) is 2.90. The SMILES string of the molecule is CC(=O)c1ccc(-c2cccc3[nH]c(-c4n[nH]c5ccc(-c6cn[nH]c6)cc45)cc23)s1. The Morgan fingerprint density at radius 3 is 2.71 bits per heavy atom. The van der Waals surface area contributed by atoms with E-state index in [2.05, 4.69) is 55.7 Å². The normalized spacial score (nSPS) is 11.5. The van der Waals surface area contributed by atoms with Crippen molar-refractivity contribution in [1.82, 2.24) is 25.4 Å². The second-order valence-electron chi connectivity index (χ2n) is 7.49. The molecule has 4 heterocycles. The van der Waals surface area contributed by atoms with E-state index < -0.39 is 0 Å². The van der Waals surface area contributed by atoms with Crippen LogP contribution >= 0.6 is 11.3 Å². The molecule has 31 heavy (non-hydrogen) atoms. The van der Waals surface area contributed by atoms with Gasteiger partial charge in [-0.15, -0.1) is 11.3 Å². The number of rotatable bonds is 4. The van der Waals surface area contributed by atoms with Gasteiger partial charge < -0.3 is 4.98 Å². The van der Waals surface area contributed by atoms with Crippen LogP contribution in [0.5, 0.6) is 0 Å². The summed E-state index contributed by atoms with van der Waals surface area (Å²) in [5.74, 6) is 0.0922. The van der Waals surface area contributed by atoms with Crippen molar-refractivity contribution in [2.75, 3.05) is 0 Å². The maximum atomic E-state index is 11.7. The first kappa shape index (κ1) is 17.9. The van der Waals surface area contributed by atoms with Crippen LogP contribution in [0.4, 0.5) is 0 Å². The van der Waals surface area contributed by atoms with Crippen LogP contribution in [0.15, 0.2) is 67.0 Å². The zero-order valence-corrected chi connectivity index (χ0v) is 17.4. The van der Waals surface area contributed by atoms with Gasteiger partial charge in [0, 0.05) is 38.5 Å². The molecule has 6 rings (SSSR count). The number of thiophene rings is 1. The molecule has 0 saturated heterocycles. The van der Waals surface area contributed by atoms with Crippen LogP contribution in [0.25, 0.3) is 54.8 Å². The third-order valence-electron chi connectivity index (χ3n) is 5.53. The Morgan fingerprint density at radius 1 is 0.968 bits per heavy atom. The topological polar surface area (TPSA) is 90.2 Å². The summed E-state index contributed by atoms with van der Waals surface area (Å²) < 4.78 is 0. The van der Waals surface area contributed by atoms with Crippen molar-refractivity contribution in [2.45, 2.75) is 6.92 Å². The molecule has 6 nitrogen and oxygen atoms in total. The van der Waals surface area contributed by atoms with Crippen molar-refractivity contribution >= 4 is 38.9 Å². The van der Waals surface area contributed by atoms with Gasteiger partial charge in [-0.2, -0.15) is 10.2 Å². The first-order valence-electron chi connectivity index (χ1n) is 9.88. The first-order chi connectivity index (χ1) is 15.2. The Bertz CT molecular complexity index is 1570. The maximum Gasteiger partial charge on any atom is 0.169 e. The lowest BCUT2D eigenvalue weighted by Crippen LogP contribution is -1.83. The highest BCUT2D eigenvalue weighted by Crippen LogP contribution is 2.37. The first-order valence-corrected chi connectivity index (χ1v) is 10.7. The van der Waals surface area contributed by atoms with Crippen LogP contribution in [-0.4, -0.2) is 31.2 Å². The number of hydrogen-bond donors (Lipinski definition) is 3. The summed E-state index contributed by atoms with van der Waals surface area (Å²) in [5, 5.41) is 16.8. The van der Waals surface area contributed by atoms with Crippen LogP contribution in [0.1, 0.15) is 16.6 Å². The minimum absolute atomic E-state index is 0.0922. The molecule has 3 N–H and O–H groups in total. The molecule has 0 aliphatic carbocycles. The van der Waals surface area contributed by atoms with Crippen LogP contribution < -0.4 is 0 Å². The number of benzene rings is 2. The quantitative estimate of drug-likeness (QED) is 0.302. The summed E-state index contributed by atoms with van der Waals surface area (Å²) in [5.41, 5.74) is 7.05. The van der Waals surface area contributed by atoms with Crippen LogP contribution in [0.2, 0.25) is 0 Å². The van der Waals surface area contributed by atoms with Crippen molar-refractivity contribution < 1.29 is 4.79 Å². The lowest BCUT2D eigenvalue weighted by molar-refractivity contribution is 0.102. The predicted molar refractivity (Wildman–Crippen MR) is 124 cm³/mol. The van der Waals surface area contributed by atoms with E-state index in [1.54, 1.807) is 6.92 Å². The molecule has 0 fully saturated rings. The van der Waals surface area contributed by atoms with Crippen LogP contribution in [0, 0.1) is 0 Å². The van der Waals surface area contributed by atoms with Crippen molar-refractivity contribution in [3.05, 3.63) is 71.9 Å². The van der Waals surface area contributed by atoms with Gasteiger partial charge in [0.25, 0.3) is 0 Å². The van der Waals surface area contributed by atoms with Crippen molar-refractivity contribution in [2.24, 2.45) is 0 Å². The zero-order chi connectivity index (χ0) is 20.9. The number of nitrogens with zero attached hydrogens (tertiary/aromatic N) is 2. The minimum Gasteiger partial charge on any atom is -0.353 e. The lowest BCUT2D eigenvalue weighted by atomic mass is 10.0. The summed E-state index contributed by atoms with van der Waals surface area (Å²) in [7, 11) is 0. The largest absolute Gasteiger partial charge is 0.353 e. The number of carbonyl (C=O) groups excluding carboxylic acids is 1. The number of carbonyl (C=O) groups is 1. The van der Waals surface area contributed by atoms with Gasteiger partial charge in [0.05, 0.1) is 22.3 Å². The molecule has 0 aliphatic rings. The smallest absolute Gasteiger partial charge is 0.169 e. The standard InChI is InChI=1S/C24H17N5OS/c1-13(30)22-7-8-23(31-22)16-3-2-4-19-17(16)10-21(27-19)24-18-9-14(15-11-25-26-12-15)5-6-20(18)28-29-24/h2-12,27H,1H3,(H,25,26)(H,28,29). The van der Waals surface area contributed by atoms with Crippen LogP contribution in [-0.2, 0) is 0 Å². The fraction of sp³-hybridized carbons (Fsp3) is 0.0417. The molecular formula is C24H17N5OS. The van der Waals surface area contributed by atoms with E-state index in [1.165, 1.54) is 11.3 Å². The number of aromatic amines is 3. The number of ketones is 1. The van der Waals surface area contributed by atoms with Gasteiger partial charge in [0.1, 0.15) is 5.69 Å². The molecule has 0 atom stereocenters. The fourth-order valence-electron chi connectivity index (χ4n) is 3.98. The van der Waals surface area contributed by atoms with E-state index in [-0.39, 0.29) is 5.78 Å². The Morgan fingerprint density at radius 2 is 1.90 bits per heavy atom. The van der Waals surface area contributed by atoms with Gasteiger partial charge >= 0.3 is 0 Å². The van der Waals surface area contributed by atoms with Gasteiger partial charge in [-0.1, -0.05) is 18.2 Å². The van der Waals surface area contributed by atoms with Gasteiger partial charge in [-0.25, -0.2) is 0 Å². The molecule has 2 aromatic carbocycles. The molecule has 0 aliphatic heterocycles. The highest BCUT2D eigenvalue weighted by molar-refractivity contribution is 7.17. The molecule has 7 heteroatoms. The third-order valence-corrected chi connectivity index (χ3v) is 6.75. The van der Waals surface area contributed by atoms with Gasteiger partial charge in [0.2, 0.25) is 0 Å². The monoisotopic (exact) mass is 423 g/mol. The van der Waals surface area contributed by atoms with Gasteiger partial charge in [-0.05, 0) is 48.9 Å². The summed E-state index contributed by atoms with van der Waals surface area (Å²) in [6.07, 6.45) is 3.69. The second-order valence-corrected chi connectivity index (χ2v) is 8.57. The number of Topliss-reactive ketones (excluding diaryl/α,β-unsaturated/α-hetero) is 1. The summed E-state index contributed by atoms with van der Waals surface area (Å²) in [6.45, 7) is 1.60. The Hall–Kier alpha value is -3.97. The second kappa shape index (κ2) is 6.78. The zero-order valence-electron chi connectivity index (χ0n) is 16.6. The van der Waals surface area contributed by atoms with Crippen LogP contribution in [0.3, 0.4) is 0 Å². The van der Waals surface area contributed by atoms with E-state index >= 15 is 0 Å². The fourth-order valence-corrected chi connectivity index (χ4v) is 4.92. The van der Waals surface area contributed by atoms with Crippen molar-refractivity contribution in [1.29, 1.82) is 0 Å². The van der Waals surface area contributed by atoms with E-state index in [9.17, 15) is 4.79 Å². The molecule has 0 spiro atoms. The average Bonchev–Trinajstić information content (AvgIpc) is 3.58. The molecule has 6 aromatic rings. The minimum atomic E-state index is 0.0922. The Balaban J connectivity index is 1.50. The molecule has 0 bridgehead atoms. The van der Waals surface area contributed by atoms with E-state index in [0.717, 1.165) is 59.6 Å². The molecule has 0 radical (unpaired) electrons. The van der Waals surface area contributed by atoms with E-state index in [1.807, 2.05) is 36.7 Å². The average molecular weight is 424 g/mol. The van der Waals surface area contributed by atoms with Crippen molar-refractivity contribution in [3.8, 4) is 33.0 Å². The Kier molecular flexibility index (Phi) is 3.91. The number of hydrogen-bond acceptors (Lipinski definition) is 4. The lowest BCUT2D eigenvalue weighted by Gasteiger charge is -1.99. The maximum absolute atomic E-state index is 11.7. The summed E-state index contributed by atoms with van der Waals surface area (Å²) in [6, 6.07) is 18.5. The Labute approximate surface area is 181 Å². The highest BCUT2D eigenvalue weighted by atomic mass is 32.1. The van der Waals surface area contributed by atoms with E-state index in [0.29, 0.717) is 0 Å². The predicted octanol–water partition coefficient (Wildman–Crippen LogP) is 6.03. The summed E-state index contributed by atoms with van der Waals surface area (Å²) in [4.78, 5) is 17.1. The van der Waals surface area contributed by atoms with E-state index in [4.69, 9.17) is 0 Å². The van der Waals surface area contributed by atoms with Gasteiger partial charge in [0.15, 0.2) is 5.78 Å². The number of aromatic nitrogens is 5. The van der Waals surface area contributed by atoms with Gasteiger partial charge in [-0.3, -0.25) is 15.0 Å². The molecule has 150 valence electrons. The molecule has 0 unspecified atom stereocenters. The molecule has 4 aromatic heterocycles. The molecule has 0 amide bonds. The highest BCUT2D eigenvalue weighted by Gasteiger charge is 2.15.